The van der Waals surface area contributed by atoms with Crippen molar-refractivity contribution in [3.05, 3.63) is 71.3 Å². The van der Waals surface area contributed by atoms with Gasteiger partial charge in [0.2, 0.25) is 6.79 Å². The highest BCUT2D eigenvalue weighted by molar-refractivity contribution is 6.05. The molecular weight excluding hydrogens is 398 g/mol. The Morgan fingerprint density at radius 3 is 2.94 bits per heavy atom. The lowest BCUT2D eigenvalue weighted by Crippen LogP contribution is -2.23. The smallest absolute Gasteiger partial charge is 0.255 e. The monoisotopic (exact) mass is 417 g/mol. The topological polar surface area (TPSA) is 98.6 Å². The lowest BCUT2D eigenvalue weighted by Gasteiger charge is -2.10. The molecule has 1 aliphatic rings. The molecule has 31 heavy (non-hydrogen) atoms. The number of nitrogens with one attached hydrogen (secondary N) is 2. The minimum absolute atomic E-state index is 0.231. The first kappa shape index (κ1) is 18.8. The Morgan fingerprint density at radius 1 is 1.19 bits per heavy atom. The third kappa shape index (κ3) is 3.59. The first-order valence-electron chi connectivity index (χ1n) is 9.66. The summed E-state index contributed by atoms with van der Waals surface area (Å²) in [7, 11) is 1.54. The van der Waals surface area contributed by atoms with Crippen LogP contribution in [0.4, 0.5) is 0 Å². The number of amides is 1. The highest BCUT2D eigenvalue weighted by atomic mass is 16.7. The van der Waals surface area contributed by atoms with Crippen LogP contribution in [-0.4, -0.2) is 30.0 Å². The zero-order valence-corrected chi connectivity index (χ0v) is 16.7. The van der Waals surface area contributed by atoms with Crippen molar-refractivity contribution in [3.8, 4) is 17.2 Å². The molecule has 0 saturated carbocycles. The fourth-order valence-corrected chi connectivity index (χ4v) is 3.49. The largest absolute Gasteiger partial charge is 0.495 e. The predicted octanol–water partition coefficient (Wildman–Crippen LogP) is 3.99. The van der Waals surface area contributed by atoms with Crippen LogP contribution < -0.4 is 19.5 Å². The van der Waals surface area contributed by atoms with Gasteiger partial charge in [-0.15, -0.1) is 0 Å². The van der Waals surface area contributed by atoms with E-state index < -0.39 is 0 Å². The molecule has 3 heterocycles. The van der Waals surface area contributed by atoms with Crippen molar-refractivity contribution in [2.45, 2.75) is 6.54 Å². The molecule has 0 saturated heterocycles. The van der Waals surface area contributed by atoms with Gasteiger partial charge in [0.05, 0.1) is 42.1 Å². The maximum Gasteiger partial charge on any atom is 0.255 e. The van der Waals surface area contributed by atoms with Crippen molar-refractivity contribution in [1.29, 1.82) is 0 Å². The van der Waals surface area contributed by atoms with Gasteiger partial charge >= 0.3 is 0 Å². The lowest BCUT2D eigenvalue weighted by atomic mass is 10.1. The summed E-state index contributed by atoms with van der Waals surface area (Å²) in [4.78, 5) is 12.8. The van der Waals surface area contributed by atoms with Gasteiger partial charge in [-0.1, -0.05) is 12.1 Å². The summed E-state index contributed by atoms with van der Waals surface area (Å²) < 4.78 is 21.7. The summed E-state index contributed by atoms with van der Waals surface area (Å²) in [6, 6.07) is 12.8. The number of aromatic nitrogens is 2. The highest BCUT2D eigenvalue weighted by Crippen LogP contribution is 2.34. The third-order valence-corrected chi connectivity index (χ3v) is 4.99. The Bertz CT molecular complexity index is 1270. The van der Waals surface area contributed by atoms with E-state index in [0.29, 0.717) is 28.5 Å². The van der Waals surface area contributed by atoms with Crippen molar-refractivity contribution < 1.29 is 23.4 Å². The van der Waals surface area contributed by atoms with E-state index in [-0.39, 0.29) is 19.2 Å². The molecule has 0 unspecified atom stereocenters. The molecule has 0 radical (unpaired) electrons. The number of ether oxygens (including phenoxy) is 3. The SMILES string of the molecule is COc1c(C(=O)NCc2ccco2)ccc2[nH]nc(C=Cc3ccc4c(c3)OCO4)c12. The van der Waals surface area contributed by atoms with Crippen molar-refractivity contribution in [1.82, 2.24) is 15.5 Å². The summed E-state index contributed by atoms with van der Waals surface area (Å²) in [5.74, 6) is 2.30. The summed E-state index contributed by atoms with van der Waals surface area (Å²) in [6.07, 6.45) is 5.35. The van der Waals surface area contributed by atoms with E-state index in [1.165, 1.54) is 7.11 Å². The summed E-state index contributed by atoms with van der Waals surface area (Å²) in [5, 5.41) is 10.9. The Morgan fingerprint density at radius 2 is 2.10 bits per heavy atom. The standard InChI is InChI=1S/C23H19N3O5/c1-28-22-16(23(27)24-12-15-3-2-10-29-15)6-8-18-21(22)17(25-26-18)7-4-14-5-9-19-20(11-14)31-13-30-19/h2-11H,12-13H2,1H3,(H,24,27)(H,25,26). The number of furan rings is 1. The van der Waals surface area contributed by atoms with Gasteiger partial charge in [0, 0.05) is 0 Å². The Kier molecular flexibility index (Phi) is 4.80. The molecule has 5 rings (SSSR count). The molecule has 1 amide bonds. The molecule has 1 aliphatic heterocycles. The number of nitrogens with zero attached hydrogens (tertiary/aromatic N) is 1. The lowest BCUT2D eigenvalue weighted by molar-refractivity contribution is 0.0945. The first-order chi connectivity index (χ1) is 15.2. The van der Waals surface area contributed by atoms with Crippen LogP contribution in [0.1, 0.15) is 27.4 Å². The molecule has 0 bridgehead atoms. The molecule has 0 fully saturated rings. The molecule has 0 aliphatic carbocycles. The Hall–Kier alpha value is -4.20. The number of benzene rings is 2. The minimum atomic E-state index is -0.262. The van der Waals surface area contributed by atoms with Crippen molar-refractivity contribution in [2.24, 2.45) is 0 Å². The van der Waals surface area contributed by atoms with Gasteiger partial charge in [-0.3, -0.25) is 9.89 Å². The number of fused-ring (bicyclic) bond motifs is 2. The van der Waals surface area contributed by atoms with E-state index in [1.807, 2.05) is 36.4 Å². The zero-order chi connectivity index (χ0) is 21.2. The first-order valence-corrected chi connectivity index (χ1v) is 9.66. The fourth-order valence-electron chi connectivity index (χ4n) is 3.49. The van der Waals surface area contributed by atoms with E-state index in [0.717, 1.165) is 22.2 Å². The minimum Gasteiger partial charge on any atom is -0.495 e. The summed E-state index contributed by atoms with van der Waals surface area (Å²) >= 11 is 0. The number of carbonyl (C=O) groups is 1. The van der Waals surface area contributed by atoms with Gasteiger partial charge in [-0.25, -0.2) is 0 Å². The zero-order valence-electron chi connectivity index (χ0n) is 16.7. The van der Waals surface area contributed by atoms with Crippen LogP contribution in [-0.2, 0) is 6.54 Å². The second-order valence-electron chi connectivity index (χ2n) is 6.89. The number of H-pyrrole nitrogens is 1. The normalized spacial score (nSPS) is 12.5. The van der Waals surface area contributed by atoms with Gasteiger partial charge in [0.25, 0.3) is 5.91 Å². The second kappa shape index (κ2) is 7.91. The Labute approximate surface area is 177 Å². The van der Waals surface area contributed by atoms with E-state index in [4.69, 9.17) is 18.6 Å². The number of aromatic amines is 1. The van der Waals surface area contributed by atoms with Crippen LogP contribution in [0, 0.1) is 0 Å². The van der Waals surface area contributed by atoms with E-state index in [1.54, 1.807) is 24.5 Å². The van der Waals surface area contributed by atoms with E-state index in [9.17, 15) is 4.79 Å². The summed E-state index contributed by atoms with van der Waals surface area (Å²) in [5.41, 5.74) is 2.78. The third-order valence-electron chi connectivity index (χ3n) is 4.99. The average molecular weight is 417 g/mol. The van der Waals surface area contributed by atoms with Crippen LogP contribution >= 0.6 is 0 Å². The molecule has 4 aromatic rings. The van der Waals surface area contributed by atoms with E-state index in [2.05, 4.69) is 15.5 Å². The quantitative estimate of drug-likeness (QED) is 0.492. The summed E-state index contributed by atoms with van der Waals surface area (Å²) in [6.45, 7) is 0.518. The Balaban J connectivity index is 1.45. The number of hydrogen-bond donors (Lipinski definition) is 2. The number of rotatable bonds is 6. The maximum absolute atomic E-state index is 12.8. The van der Waals surface area contributed by atoms with E-state index >= 15 is 0 Å². The number of carbonyl (C=O) groups excluding carboxylic acids is 1. The molecule has 156 valence electrons. The molecule has 8 heteroatoms. The van der Waals surface area contributed by atoms with Crippen LogP contribution in [0.15, 0.2) is 53.1 Å². The molecule has 2 aromatic heterocycles. The number of methoxy groups -OCH3 is 1. The average Bonchev–Trinajstić information content (AvgIpc) is 3.55. The van der Waals surface area contributed by atoms with Gasteiger partial charge in [-0.2, -0.15) is 5.10 Å². The second-order valence-corrected chi connectivity index (χ2v) is 6.89. The van der Waals surface area contributed by atoms with Gasteiger partial charge < -0.3 is 23.9 Å². The van der Waals surface area contributed by atoms with Crippen molar-refractivity contribution in [3.63, 3.8) is 0 Å². The van der Waals surface area contributed by atoms with Crippen LogP contribution in [0.5, 0.6) is 17.2 Å². The molecular formula is C23H19N3O5. The van der Waals surface area contributed by atoms with Crippen LogP contribution in [0.2, 0.25) is 0 Å². The molecule has 2 aromatic carbocycles. The van der Waals surface area contributed by atoms with Crippen LogP contribution in [0.3, 0.4) is 0 Å². The van der Waals surface area contributed by atoms with Gasteiger partial charge in [0.1, 0.15) is 11.5 Å². The molecule has 0 spiro atoms. The molecule has 8 nitrogen and oxygen atoms in total. The molecule has 2 N–H and O–H groups in total. The van der Waals surface area contributed by atoms with Gasteiger partial charge in [-0.05, 0) is 48.0 Å². The van der Waals surface area contributed by atoms with Gasteiger partial charge in [0.15, 0.2) is 11.5 Å². The fraction of sp³-hybridized carbons (Fsp3) is 0.130. The van der Waals surface area contributed by atoms with Crippen LogP contribution in [0.25, 0.3) is 23.1 Å². The number of hydrogen-bond acceptors (Lipinski definition) is 6. The van der Waals surface area contributed by atoms with Crippen molar-refractivity contribution >= 4 is 29.0 Å². The highest BCUT2D eigenvalue weighted by Gasteiger charge is 2.19. The van der Waals surface area contributed by atoms with Crippen molar-refractivity contribution in [2.75, 3.05) is 13.9 Å². The predicted molar refractivity (Wildman–Crippen MR) is 114 cm³/mol. The molecule has 0 atom stereocenters. The maximum atomic E-state index is 12.8.